The van der Waals surface area contributed by atoms with E-state index in [2.05, 4.69) is 0 Å². The fraction of sp³-hybridized carbons (Fsp3) is 0.875. The molecule has 0 bridgehead atoms. The van der Waals surface area contributed by atoms with Gasteiger partial charge in [-0.25, -0.2) is 12.7 Å². The second-order valence-corrected chi connectivity index (χ2v) is 8.83. The quantitative estimate of drug-likeness (QED) is 0.614. The van der Waals surface area contributed by atoms with Crippen LogP contribution >= 0.6 is 0 Å². The van der Waals surface area contributed by atoms with Crippen molar-refractivity contribution in [2.24, 2.45) is 0 Å². The maximum absolute atomic E-state index is 12.5. The number of carbonyl (C=O) groups is 2. The number of amides is 1. The van der Waals surface area contributed by atoms with Crippen LogP contribution < -0.4 is 0 Å². The maximum atomic E-state index is 12.5. The predicted molar refractivity (Wildman–Crippen MR) is 93.2 cm³/mol. The number of aliphatic carboxylic acids is 1. The number of hydrogen-bond donors (Lipinski definition) is 1. The molecule has 10 heteroatoms. The van der Waals surface area contributed by atoms with E-state index in [1.54, 1.807) is 6.92 Å². The Kier molecular flexibility index (Phi) is 7.81. The summed E-state index contributed by atoms with van der Waals surface area (Å²) in [7, 11) is -3.26. The number of nitrogens with zero attached hydrogens (tertiary/aromatic N) is 2. The molecule has 0 aromatic rings. The summed E-state index contributed by atoms with van der Waals surface area (Å²) in [5.41, 5.74) is 0. The van der Waals surface area contributed by atoms with Crippen LogP contribution in [0.4, 0.5) is 0 Å². The smallest absolute Gasteiger partial charge is 0.323 e. The number of rotatable bonds is 8. The van der Waals surface area contributed by atoms with E-state index in [1.165, 1.54) is 9.21 Å². The average molecular weight is 392 g/mol. The Hall–Kier alpha value is -1.23. The van der Waals surface area contributed by atoms with Gasteiger partial charge in [-0.1, -0.05) is 0 Å². The number of sulfonamides is 1. The van der Waals surface area contributed by atoms with Crippen molar-refractivity contribution in [1.82, 2.24) is 9.21 Å². The van der Waals surface area contributed by atoms with Crippen LogP contribution in [0.3, 0.4) is 0 Å². The Bertz CT molecular complexity index is 581. The van der Waals surface area contributed by atoms with Gasteiger partial charge in [-0.2, -0.15) is 0 Å². The first kappa shape index (κ1) is 21.1. The van der Waals surface area contributed by atoms with Gasteiger partial charge in [0, 0.05) is 32.3 Å². The standard InChI is InChI=1S/C16H28N2O7S/c1-2-26(22,23)17-7-3-13(4-8-17)18(11-16(20)21)15(19)12-25-14-5-9-24-10-6-14/h13-14H,2-12H2,1H3,(H,20,21). The summed E-state index contributed by atoms with van der Waals surface area (Å²) in [6.07, 6.45) is 2.25. The van der Waals surface area contributed by atoms with Gasteiger partial charge in [0.25, 0.3) is 0 Å². The number of piperidine rings is 1. The van der Waals surface area contributed by atoms with Crippen molar-refractivity contribution >= 4 is 21.9 Å². The predicted octanol–water partition coefficient (Wildman–Crippen LogP) is -0.0907. The van der Waals surface area contributed by atoms with Crippen molar-refractivity contribution < 1.29 is 32.6 Å². The Labute approximate surface area is 154 Å². The van der Waals surface area contributed by atoms with E-state index in [9.17, 15) is 18.0 Å². The molecule has 0 unspecified atom stereocenters. The van der Waals surface area contributed by atoms with Gasteiger partial charge >= 0.3 is 5.97 Å². The number of ether oxygens (including phenoxy) is 2. The van der Waals surface area contributed by atoms with Crippen LogP contribution in [0.1, 0.15) is 32.6 Å². The van der Waals surface area contributed by atoms with E-state index in [1.807, 2.05) is 0 Å². The molecule has 2 rings (SSSR count). The summed E-state index contributed by atoms with van der Waals surface area (Å²) >= 11 is 0. The summed E-state index contributed by atoms with van der Waals surface area (Å²) in [6, 6.07) is -0.291. The van der Waals surface area contributed by atoms with E-state index in [4.69, 9.17) is 14.6 Å². The van der Waals surface area contributed by atoms with Crippen molar-refractivity contribution in [3.05, 3.63) is 0 Å². The summed E-state index contributed by atoms with van der Waals surface area (Å²) in [5, 5.41) is 9.14. The van der Waals surface area contributed by atoms with Crippen LogP contribution in [0.2, 0.25) is 0 Å². The molecule has 0 aromatic heterocycles. The molecule has 2 heterocycles. The average Bonchev–Trinajstić information content (AvgIpc) is 2.65. The van der Waals surface area contributed by atoms with Crippen LogP contribution in [0, 0.1) is 0 Å². The lowest BCUT2D eigenvalue weighted by molar-refractivity contribution is -0.151. The van der Waals surface area contributed by atoms with Gasteiger partial charge < -0.3 is 19.5 Å². The highest BCUT2D eigenvalue weighted by atomic mass is 32.2. The Morgan fingerprint density at radius 3 is 2.35 bits per heavy atom. The number of carboxylic acid groups (broad SMARTS) is 1. The molecule has 2 aliphatic heterocycles. The highest BCUT2D eigenvalue weighted by molar-refractivity contribution is 7.89. The fourth-order valence-electron chi connectivity index (χ4n) is 3.30. The normalized spacial score (nSPS) is 20.8. The molecular formula is C16H28N2O7S. The summed E-state index contributed by atoms with van der Waals surface area (Å²) in [6.45, 7) is 2.82. The summed E-state index contributed by atoms with van der Waals surface area (Å²) in [4.78, 5) is 25.0. The van der Waals surface area contributed by atoms with E-state index < -0.39 is 22.5 Å². The van der Waals surface area contributed by atoms with Crippen LogP contribution in [0.5, 0.6) is 0 Å². The lowest BCUT2D eigenvalue weighted by Crippen LogP contribution is -2.51. The van der Waals surface area contributed by atoms with Crippen LogP contribution in [-0.2, 0) is 29.1 Å². The SMILES string of the molecule is CCS(=O)(=O)N1CCC(N(CC(=O)O)C(=O)COC2CCOCC2)CC1. The zero-order valence-corrected chi connectivity index (χ0v) is 15.9. The van der Waals surface area contributed by atoms with Crippen molar-refractivity contribution in [2.45, 2.75) is 44.8 Å². The zero-order valence-electron chi connectivity index (χ0n) is 15.1. The van der Waals surface area contributed by atoms with Crippen LogP contribution in [-0.4, -0.2) is 92.0 Å². The Balaban J connectivity index is 1.92. The molecular weight excluding hydrogens is 364 g/mol. The van der Waals surface area contributed by atoms with Crippen LogP contribution in [0.25, 0.3) is 0 Å². The molecule has 1 amide bonds. The first-order valence-electron chi connectivity index (χ1n) is 9.02. The molecule has 0 spiro atoms. The first-order chi connectivity index (χ1) is 12.3. The van der Waals surface area contributed by atoms with E-state index in [-0.39, 0.29) is 30.4 Å². The lowest BCUT2D eigenvalue weighted by Gasteiger charge is -2.37. The highest BCUT2D eigenvalue weighted by Crippen LogP contribution is 2.20. The minimum Gasteiger partial charge on any atom is -0.480 e. The Morgan fingerprint density at radius 1 is 1.19 bits per heavy atom. The van der Waals surface area contributed by atoms with Gasteiger partial charge in [0.1, 0.15) is 13.2 Å². The maximum Gasteiger partial charge on any atom is 0.323 e. The molecule has 26 heavy (non-hydrogen) atoms. The van der Waals surface area contributed by atoms with Gasteiger partial charge in [0.15, 0.2) is 0 Å². The molecule has 9 nitrogen and oxygen atoms in total. The van der Waals surface area contributed by atoms with Crippen LogP contribution in [0.15, 0.2) is 0 Å². The minimum atomic E-state index is -3.26. The zero-order chi connectivity index (χ0) is 19.2. The molecule has 2 fully saturated rings. The topological polar surface area (TPSA) is 113 Å². The van der Waals surface area contributed by atoms with Crippen molar-refractivity contribution in [3.63, 3.8) is 0 Å². The number of carbonyl (C=O) groups excluding carboxylic acids is 1. The summed E-state index contributed by atoms with van der Waals surface area (Å²) < 4.78 is 36.2. The molecule has 0 aliphatic carbocycles. The third-order valence-electron chi connectivity index (χ3n) is 4.86. The van der Waals surface area contributed by atoms with Gasteiger partial charge in [-0.05, 0) is 32.6 Å². The van der Waals surface area contributed by atoms with E-state index in [0.29, 0.717) is 39.1 Å². The number of carboxylic acids is 1. The molecule has 1 N–H and O–H groups in total. The van der Waals surface area contributed by atoms with Gasteiger partial charge in [-0.3, -0.25) is 9.59 Å². The molecule has 0 atom stereocenters. The molecule has 0 radical (unpaired) electrons. The fourth-order valence-corrected chi connectivity index (χ4v) is 4.43. The summed E-state index contributed by atoms with van der Waals surface area (Å²) in [5.74, 6) is -1.42. The second-order valence-electron chi connectivity index (χ2n) is 6.57. The van der Waals surface area contributed by atoms with Crippen molar-refractivity contribution in [3.8, 4) is 0 Å². The van der Waals surface area contributed by atoms with Gasteiger partial charge in [0.2, 0.25) is 15.9 Å². The molecule has 2 aliphatic rings. The van der Waals surface area contributed by atoms with Gasteiger partial charge in [0.05, 0.1) is 11.9 Å². The molecule has 0 aromatic carbocycles. The van der Waals surface area contributed by atoms with E-state index >= 15 is 0 Å². The second kappa shape index (κ2) is 9.63. The highest BCUT2D eigenvalue weighted by Gasteiger charge is 2.33. The van der Waals surface area contributed by atoms with E-state index in [0.717, 1.165) is 12.8 Å². The minimum absolute atomic E-state index is 0.0361. The van der Waals surface area contributed by atoms with Crippen molar-refractivity contribution in [2.75, 3.05) is 45.2 Å². The van der Waals surface area contributed by atoms with Crippen molar-refractivity contribution in [1.29, 1.82) is 0 Å². The number of hydrogen-bond acceptors (Lipinski definition) is 6. The molecule has 2 saturated heterocycles. The first-order valence-corrected chi connectivity index (χ1v) is 10.6. The monoisotopic (exact) mass is 392 g/mol. The third-order valence-corrected chi connectivity index (χ3v) is 6.74. The lowest BCUT2D eigenvalue weighted by atomic mass is 10.0. The Morgan fingerprint density at radius 2 is 1.81 bits per heavy atom. The third kappa shape index (κ3) is 5.90. The molecule has 150 valence electrons. The molecule has 0 saturated carbocycles. The van der Waals surface area contributed by atoms with Gasteiger partial charge in [-0.15, -0.1) is 0 Å². The largest absolute Gasteiger partial charge is 0.480 e.